The predicted octanol–water partition coefficient (Wildman–Crippen LogP) is 0.783. The van der Waals surface area contributed by atoms with Crippen LogP contribution in [-0.2, 0) is 0 Å². The van der Waals surface area contributed by atoms with E-state index >= 15 is 0 Å². The summed E-state index contributed by atoms with van der Waals surface area (Å²) in [6.45, 7) is 0. The molecule has 0 fully saturated rings. The minimum absolute atomic E-state index is 0. The van der Waals surface area contributed by atoms with Crippen molar-refractivity contribution < 1.29 is 0 Å². The Morgan fingerprint density at radius 1 is 1.71 bits per heavy atom. The van der Waals surface area contributed by atoms with Crippen LogP contribution < -0.4 is 0 Å². The van der Waals surface area contributed by atoms with Gasteiger partial charge in [0.15, 0.2) is 0 Å². The summed E-state index contributed by atoms with van der Waals surface area (Å²) in [5, 5.41) is 0. The third-order valence-corrected chi connectivity index (χ3v) is 1.43. The fraction of sp³-hybridized carbons (Fsp3) is 0. The summed E-state index contributed by atoms with van der Waals surface area (Å²) in [6.07, 6.45) is 1.72. The van der Waals surface area contributed by atoms with E-state index in [9.17, 15) is 0 Å². The zero-order chi connectivity index (χ0) is 4.41. The second kappa shape index (κ2) is 3.92. The van der Waals surface area contributed by atoms with Gasteiger partial charge in [-0.1, -0.05) is 0 Å². The quantitative estimate of drug-likeness (QED) is 0.416. The average molecular weight is 141 g/mol. The number of hydrogen-bond acceptors (Lipinski definition) is 3. The first-order valence-corrected chi connectivity index (χ1v) is 2.80. The van der Waals surface area contributed by atoms with Crippen molar-refractivity contribution in [1.29, 1.82) is 0 Å². The predicted molar refractivity (Wildman–Crippen MR) is 36.5 cm³/mol. The van der Waals surface area contributed by atoms with Gasteiger partial charge in [0.25, 0.3) is 0 Å². The molecule has 0 radical (unpaired) electrons. The maximum atomic E-state index is 3.99. The van der Waals surface area contributed by atoms with E-state index in [0.29, 0.717) is 0 Å². The summed E-state index contributed by atoms with van der Waals surface area (Å²) in [7, 11) is 0. The number of aromatic nitrogens is 1. The van der Waals surface area contributed by atoms with Gasteiger partial charge >= 0.3 is 29.6 Å². The van der Waals surface area contributed by atoms with E-state index in [1.54, 1.807) is 11.7 Å². The average Bonchev–Trinajstić information content (AvgIpc) is 1.86. The molecular formula is C3H4NNaS2. The Labute approximate surface area is 73.9 Å². The van der Waals surface area contributed by atoms with Crippen LogP contribution in [0.25, 0.3) is 0 Å². The van der Waals surface area contributed by atoms with Crippen molar-refractivity contribution >= 4 is 53.5 Å². The van der Waals surface area contributed by atoms with Gasteiger partial charge in [-0.2, -0.15) is 0 Å². The Morgan fingerprint density at radius 3 is 2.57 bits per heavy atom. The van der Waals surface area contributed by atoms with Crippen LogP contribution in [0, 0.1) is 0 Å². The molecule has 0 aliphatic heterocycles. The van der Waals surface area contributed by atoms with E-state index in [1.165, 1.54) is 11.3 Å². The van der Waals surface area contributed by atoms with Gasteiger partial charge in [-0.25, -0.2) is 0 Å². The van der Waals surface area contributed by atoms with Crippen molar-refractivity contribution in [2.45, 2.75) is 4.21 Å². The van der Waals surface area contributed by atoms with Crippen molar-refractivity contribution in [3.8, 4) is 0 Å². The number of nitrogens with zero attached hydrogens (tertiary/aromatic N) is 1. The first-order chi connectivity index (χ1) is 2.89. The molecule has 1 aromatic heterocycles. The molecule has 1 heterocycles. The van der Waals surface area contributed by atoms with E-state index in [1.807, 2.05) is 0 Å². The Morgan fingerprint density at radius 2 is 2.43 bits per heavy atom. The second-order valence-corrected chi connectivity index (χ2v) is 2.51. The molecule has 1 aromatic rings. The van der Waals surface area contributed by atoms with E-state index in [4.69, 9.17) is 0 Å². The van der Waals surface area contributed by atoms with E-state index in [0.717, 1.165) is 4.21 Å². The van der Waals surface area contributed by atoms with E-state index < -0.39 is 0 Å². The molecule has 0 aromatic carbocycles. The summed E-state index contributed by atoms with van der Waals surface area (Å²) in [6, 6.07) is 0. The molecule has 0 bridgehead atoms. The van der Waals surface area contributed by atoms with Crippen molar-refractivity contribution in [2.75, 3.05) is 0 Å². The molecule has 4 heteroatoms. The monoisotopic (exact) mass is 141 g/mol. The van der Waals surface area contributed by atoms with Gasteiger partial charge in [-0.15, -0.1) is 24.0 Å². The third kappa shape index (κ3) is 2.72. The SMILES string of the molecule is Sc1cncs1.[NaH]. The van der Waals surface area contributed by atoms with E-state index in [2.05, 4.69) is 17.6 Å². The number of rotatable bonds is 0. The van der Waals surface area contributed by atoms with Crippen molar-refractivity contribution in [2.24, 2.45) is 0 Å². The van der Waals surface area contributed by atoms with Crippen LogP contribution in [0.4, 0.5) is 0 Å². The number of thiazole rings is 1. The Hall–Kier alpha value is 0.980. The summed E-state index contributed by atoms with van der Waals surface area (Å²) >= 11 is 5.52. The van der Waals surface area contributed by atoms with Crippen LogP contribution >= 0.6 is 24.0 Å². The fourth-order valence-corrected chi connectivity index (χ4v) is 0.769. The summed E-state index contributed by atoms with van der Waals surface area (Å²) in [4.78, 5) is 3.76. The van der Waals surface area contributed by atoms with Gasteiger partial charge in [0, 0.05) is 0 Å². The zero-order valence-corrected chi connectivity index (χ0v) is 4.67. The molecular weight excluding hydrogens is 137 g/mol. The standard InChI is InChI=1S/C3H3NS2.Na.H/c5-3-1-4-2-6-3;;/h1-2,5H;;. The third-order valence-electron chi connectivity index (χ3n) is 0.419. The Bertz CT molecular complexity index is 116. The number of thiol groups is 1. The summed E-state index contributed by atoms with van der Waals surface area (Å²) in [5.74, 6) is 0. The molecule has 0 unspecified atom stereocenters. The molecule has 34 valence electrons. The first kappa shape index (κ1) is 7.98. The molecule has 0 atom stereocenters. The molecule has 0 aliphatic rings. The van der Waals surface area contributed by atoms with Crippen LogP contribution in [0.1, 0.15) is 0 Å². The molecule has 0 N–H and O–H groups in total. The molecule has 0 spiro atoms. The fourth-order valence-electron chi connectivity index (χ4n) is 0.209. The summed E-state index contributed by atoms with van der Waals surface area (Å²) in [5.41, 5.74) is 1.75. The van der Waals surface area contributed by atoms with Crippen LogP contribution in [0.2, 0.25) is 0 Å². The molecule has 1 rings (SSSR count). The topological polar surface area (TPSA) is 12.9 Å². The van der Waals surface area contributed by atoms with Crippen LogP contribution in [0.3, 0.4) is 0 Å². The van der Waals surface area contributed by atoms with Crippen molar-refractivity contribution in [1.82, 2.24) is 4.98 Å². The van der Waals surface area contributed by atoms with Gasteiger partial charge in [-0.3, -0.25) is 4.98 Å². The van der Waals surface area contributed by atoms with E-state index in [-0.39, 0.29) is 29.6 Å². The normalized spacial score (nSPS) is 7.57. The van der Waals surface area contributed by atoms with Gasteiger partial charge in [-0.05, 0) is 0 Å². The zero-order valence-electron chi connectivity index (χ0n) is 2.96. The van der Waals surface area contributed by atoms with Crippen LogP contribution in [0.5, 0.6) is 0 Å². The molecule has 0 saturated heterocycles. The van der Waals surface area contributed by atoms with Gasteiger partial charge in [0.05, 0.1) is 15.9 Å². The minimum atomic E-state index is 0. The van der Waals surface area contributed by atoms with Crippen LogP contribution in [0.15, 0.2) is 15.9 Å². The van der Waals surface area contributed by atoms with Crippen molar-refractivity contribution in [3.63, 3.8) is 0 Å². The maximum absolute atomic E-state index is 3.99. The van der Waals surface area contributed by atoms with Gasteiger partial charge in [0.2, 0.25) is 0 Å². The summed E-state index contributed by atoms with van der Waals surface area (Å²) < 4.78 is 0.968. The van der Waals surface area contributed by atoms with Crippen LogP contribution in [-0.4, -0.2) is 34.5 Å². The van der Waals surface area contributed by atoms with Gasteiger partial charge < -0.3 is 0 Å². The molecule has 7 heavy (non-hydrogen) atoms. The molecule has 0 aliphatic carbocycles. The second-order valence-electron chi connectivity index (χ2n) is 0.840. The van der Waals surface area contributed by atoms with Crippen molar-refractivity contribution in [3.05, 3.63) is 11.7 Å². The Kier molecular flexibility index (Phi) is 4.47. The molecule has 0 amide bonds. The molecule has 0 saturated carbocycles. The Balaban J connectivity index is 0.000000360. The van der Waals surface area contributed by atoms with Gasteiger partial charge in [0.1, 0.15) is 0 Å². The number of hydrogen-bond donors (Lipinski definition) is 1. The first-order valence-electron chi connectivity index (χ1n) is 1.47. The molecule has 1 nitrogen and oxygen atoms in total.